The number of carbonyl (C=O) groups is 1. The first-order chi connectivity index (χ1) is 12.4. The van der Waals surface area contributed by atoms with Crippen LogP contribution >= 0.6 is 0 Å². The summed E-state index contributed by atoms with van der Waals surface area (Å²) in [6, 6.07) is 7.18. The molecule has 1 aliphatic heterocycles. The van der Waals surface area contributed by atoms with Crippen LogP contribution in [0.1, 0.15) is 25.3 Å². The normalized spacial score (nSPS) is 15.2. The van der Waals surface area contributed by atoms with Gasteiger partial charge in [-0.25, -0.2) is 9.18 Å². The second-order valence-electron chi connectivity index (χ2n) is 6.84. The van der Waals surface area contributed by atoms with Gasteiger partial charge in [-0.05, 0) is 36.5 Å². The van der Waals surface area contributed by atoms with Crippen LogP contribution in [0.4, 0.5) is 4.39 Å². The smallest absolute Gasteiger partial charge is 0.331 e. The summed E-state index contributed by atoms with van der Waals surface area (Å²) in [5.41, 5.74) is -0.474. The lowest BCUT2D eigenvalue weighted by Gasteiger charge is -2.30. The Morgan fingerprint density at radius 3 is 2.62 bits per heavy atom. The Morgan fingerprint density at radius 1 is 1.19 bits per heavy atom. The highest BCUT2D eigenvalue weighted by molar-refractivity contribution is 5.76. The summed E-state index contributed by atoms with van der Waals surface area (Å²) in [6.45, 7) is 3.31. The molecular weight excluding hydrogens is 337 g/mol. The molecule has 138 valence electrons. The van der Waals surface area contributed by atoms with Gasteiger partial charge in [0.15, 0.2) is 0 Å². The Kier molecular flexibility index (Phi) is 5.35. The van der Waals surface area contributed by atoms with Gasteiger partial charge < -0.3 is 4.90 Å². The van der Waals surface area contributed by atoms with Gasteiger partial charge in [0, 0.05) is 25.4 Å². The predicted octanol–water partition coefficient (Wildman–Crippen LogP) is 1.46. The molecule has 26 heavy (non-hydrogen) atoms. The van der Waals surface area contributed by atoms with Crippen molar-refractivity contribution in [3.05, 3.63) is 68.7 Å². The van der Waals surface area contributed by atoms with E-state index >= 15 is 0 Å². The number of piperidine rings is 1. The molecule has 2 aromatic rings. The first-order valence-electron chi connectivity index (χ1n) is 8.76. The minimum absolute atomic E-state index is 0.131. The molecule has 0 unspecified atom stereocenters. The lowest BCUT2D eigenvalue weighted by Crippen LogP contribution is -2.46. The Labute approximate surface area is 150 Å². The predicted molar refractivity (Wildman–Crippen MR) is 95.4 cm³/mol. The van der Waals surface area contributed by atoms with Crippen LogP contribution in [-0.4, -0.2) is 33.0 Å². The molecule has 3 rings (SSSR count). The van der Waals surface area contributed by atoms with Crippen LogP contribution in [0.5, 0.6) is 0 Å². The van der Waals surface area contributed by atoms with Crippen molar-refractivity contribution in [1.29, 1.82) is 0 Å². The van der Waals surface area contributed by atoms with E-state index in [2.05, 4.69) is 6.92 Å². The summed E-state index contributed by atoms with van der Waals surface area (Å²) in [4.78, 5) is 38.9. The third-order valence-electron chi connectivity index (χ3n) is 4.81. The summed E-state index contributed by atoms with van der Waals surface area (Å²) >= 11 is 0. The molecular formula is C19H22FN3O3. The highest BCUT2D eigenvalue weighted by Crippen LogP contribution is 2.16. The molecule has 6 nitrogen and oxygen atoms in total. The van der Waals surface area contributed by atoms with Crippen molar-refractivity contribution in [3.8, 4) is 0 Å². The van der Waals surface area contributed by atoms with E-state index in [1.165, 1.54) is 29.0 Å². The molecule has 1 amide bonds. The fraction of sp³-hybridized carbons (Fsp3) is 0.421. The molecule has 0 radical (unpaired) electrons. The SMILES string of the molecule is CC1CCN(C(=O)Cn2c(=O)ccn(Cc3cccc(F)c3)c2=O)CC1. The van der Waals surface area contributed by atoms with E-state index in [9.17, 15) is 18.8 Å². The molecule has 0 atom stereocenters. The van der Waals surface area contributed by atoms with Crippen molar-refractivity contribution in [2.75, 3.05) is 13.1 Å². The summed E-state index contributed by atoms with van der Waals surface area (Å²) in [6.07, 6.45) is 3.23. The quantitative estimate of drug-likeness (QED) is 0.830. The first kappa shape index (κ1) is 18.1. The van der Waals surface area contributed by atoms with Crippen molar-refractivity contribution in [2.24, 2.45) is 5.92 Å². The van der Waals surface area contributed by atoms with Crippen LogP contribution in [0.3, 0.4) is 0 Å². The number of hydrogen-bond donors (Lipinski definition) is 0. The highest BCUT2D eigenvalue weighted by atomic mass is 19.1. The average Bonchev–Trinajstić information content (AvgIpc) is 2.61. The largest absolute Gasteiger partial charge is 0.341 e. The maximum absolute atomic E-state index is 13.3. The average molecular weight is 359 g/mol. The van der Waals surface area contributed by atoms with Crippen molar-refractivity contribution >= 4 is 5.91 Å². The lowest BCUT2D eigenvalue weighted by atomic mass is 9.99. The van der Waals surface area contributed by atoms with Crippen LogP contribution in [0.2, 0.25) is 0 Å². The van der Waals surface area contributed by atoms with E-state index in [-0.39, 0.29) is 19.0 Å². The van der Waals surface area contributed by atoms with Gasteiger partial charge in [-0.2, -0.15) is 0 Å². The number of likely N-dealkylation sites (tertiary alicyclic amines) is 1. The number of rotatable bonds is 4. The maximum Gasteiger partial charge on any atom is 0.331 e. The minimum atomic E-state index is -0.569. The molecule has 1 fully saturated rings. The molecule has 0 bridgehead atoms. The molecule has 7 heteroatoms. The monoisotopic (exact) mass is 359 g/mol. The number of amides is 1. The van der Waals surface area contributed by atoms with Gasteiger partial charge in [0.25, 0.3) is 5.56 Å². The Hall–Kier alpha value is -2.70. The van der Waals surface area contributed by atoms with E-state index in [0.29, 0.717) is 24.6 Å². The zero-order valence-corrected chi connectivity index (χ0v) is 14.7. The number of halogens is 1. The molecule has 0 N–H and O–H groups in total. The summed E-state index contributed by atoms with van der Waals surface area (Å²) in [7, 11) is 0. The van der Waals surface area contributed by atoms with Crippen LogP contribution in [0.25, 0.3) is 0 Å². The third kappa shape index (κ3) is 4.09. The summed E-state index contributed by atoms with van der Waals surface area (Å²) in [5, 5.41) is 0. The van der Waals surface area contributed by atoms with E-state index in [1.54, 1.807) is 17.0 Å². The lowest BCUT2D eigenvalue weighted by molar-refractivity contribution is -0.133. The van der Waals surface area contributed by atoms with Crippen LogP contribution in [0.15, 0.2) is 46.1 Å². The van der Waals surface area contributed by atoms with Crippen molar-refractivity contribution in [3.63, 3.8) is 0 Å². The fourth-order valence-corrected chi connectivity index (χ4v) is 3.15. The van der Waals surface area contributed by atoms with Gasteiger partial charge in [0.2, 0.25) is 5.91 Å². The minimum Gasteiger partial charge on any atom is -0.341 e. The van der Waals surface area contributed by atoms with Crippen LogP contribution in [0, 0.1) is 11.7 Å². The molecule has 0 spiro atoms. The van der Waals surface area contributed by atoms with E-state index in [0.717, 1.165) is 17.4 Å². The van der Waals surface area contributed by atoms with Gasteiger partial charge >= 0.3 is 5.69 Å². The van der Waals surface area contributed by atoms with E-state index in [1.807, 2.05) is 0 Å². The van der Waals surface area contributed by atoms with Gasteiger partial charge in [0.05, 0.1) is 6.54 Å². The maximum atomic E-state index is 13.3. The standard InChI is InChI=1S/C19H22FN3O3/c1-14-5-8-21(9-6-14)18(25)13-23-17(24)7-10-22(19(23)26)12-15-3-2-4-16(20)11-15/h2-4,7,10-11,14H,5-6,8-9,12-13H2,1H3. The molecule has 1 aromatic carbocycles. The van der Waals surface area contributed by atoms with Gasteiger partial charge in [0.1, 0.15) is 12.4 Å². The second kappa shape index (κ2) is 7.68. The first-order valence-corrected chi connectivity index (χ1v) is 8.76. The molecule has 0 aliphatic carbocycles. The van der Waals surface area contributed by atoms with Crippen molar-refractivity contribution in [1.82, 2.24) is 14.0 Å². The zero-order valence-electron chi connectivity index (χ0n) is 14.7. The number of carbonyl (C=O) groups excluding carboxylic acids is 1. The molecule has 2 heterocycles. The number of hydrogen-bond acceptors (Lipinski definition) is 3. The molecule has 1 aliphatic rings. The Bertz CT molecular complexity index is 911. The van der Waals surface area contributed by atoms with Gasteiger partial charge in [-0.1, -0.05) is 19.1 Å². The van der Waals surface area contributed by atoms with Crippen LogP contribution in [-0.2, 0) is 17.9 Å². The summed E-state index contributed by atoms with van der Waals surface area (Å²) < 4.78 is 15.6. The zero-order chi connectivity index (χ0) is 18.7. The third-order valence-corrected chi connectivity index (χ3v) is 4.81. The van der Waals surface area contributed by atoms with Crippen molar-refractivity contribution in [2.45, 2.75) is 32.9 Å². The van der Waals surface area contributed by atoms with Gasteiger partial charge in [-0.3, -0.25) is 18.7 Å². The van der Waals surface area contributed by atoms with E-state index in [4.69, 9.17) is 0 Å². The van der Waals surface area contributed by atoms with Crippen molar-refractivity contribution < 1.29 is 9.18 Å². The molecule has 1 aromatic heterocycles. The topological polar surface area (TPSA) is 64.3 Å². The molecule has 1 saturated heterocycles. The number of aromatic nitrogens is 2. The fourth-order valence-electron chi connectivity index (χ4n) is 3.15. The number of benzene rings is 1. The second-order valence-corrected chi connectivity index (χ2v) is 6.84. The Balaban J connectivity index is 1.80. The Morgan fingerprint density at radius 2 is 1.92 bits per heavy atom. The highest BCUT2D eigenvalue weighted by Gasteiger charge is 2.21. The number of nitrogens with zero attached hydrogens (tertiary/aromatic N) is 3. The summed E-state index contributed by atoms with van der Waals surface area (Å²) in [5.74, 6) is -0.0278. The van der Waals surface area contributed by atoms with Crippen LogP contribution < -0.4 is 11.2 Å². The van der Waals surface area contributed by atoms with E-state index < -0.39 is 17.1 Å². The van der Waals surface area contributed by atoms with Gasteiger partial charge in [-0.15, -0.1) is 0 Å². The molecule has 0 saturated carbocycles.